The van der Waals surface area contributed by atoms with Crippen LogP contribution in [-0.4, -0.2) is 15.2 Å². The van der Waals surface area contributed by atoms with Crippen molar-refractivity contribution in [2.75, 3.05) is 5.32 Å². The molecule has 1 aliphatic heterocycles. The summed E-state index contributed by atoms with van der Waals surface area (Å²) in [6, 6.07) is 8.37. The highest BCUT2D eigenvalue weighted by Crippen LogP contribution is 2.36. The zero-order valence-corrected chi connectivity index (χ0v) is 12.8. The summed E-state index contributed by atoms with van der Waals surface area (Å²) in [5.41, 5.74) is 4.02. The van der Waals surface area contributed by atoms with Gasteiger partial charge in [0, 0.05) is 11.3 Å². The summed E-state index contributed by atoms with van der Waals surface area (Å²) in [6.07, 6.45) is 0.553. The molecular weight excluding hydrogens is 300 g/mol. The first-order chi connectivity index (χ1) is 10.8. The molecule has 1 aliphatic rings. The Bertz CT molecular complexity index is 773. The van der Waals surface area contributed by atoms with Gasteiger partial charge in [0.05, 0.1) is 17.7 Å². The van der Waals surface area contributed by atoms with E-state index in [1.54, 1.807) is 11.3 Å². The van der Waals surface area contributed by atoms with E-state index in [1.165, 1.54) is 5.56 Å². The maximum Gasteiger partial charge on any atom is 0.315 e. The van der Waals surface area contributed by atoms with Gasteiger partial charge in [-0.3, -0.25) is 0 Å². The number of fused-ring (bicyclic) bond motifs is 1. The second-order valence-electron chi connectivity index (χ2n) is 5.08. The summed E-state index contributed by atoms with van der Waals surface area (Å²) in [5, 5.41) is 11.2. The number of ether oxygens (including phenoxy) is 1. The van der Waals surface area contributed by atoms with Crippen LogP contribution in [0.3, 0.4) is 0 Å². The number of benzene rings is 1. The van der Waals surface area contributed by atoms with E-state index in [4.69, 9.17) is 9.15 Å². The minimum absolute atomic E-state index is 0.203. The van der Waals surface area contributed by atoms with Crippen LogP contribution in [0.25, 0.3) is 0 Å². The van der Waals surface area contributed by atoms with Crippen molar-refractivity contribution in [3.63, 3.8) is 0 Å². The van der Waals surface area contributed by atoms with Gasteiger partial charge in [-0.25, -0.2) is 4.98 Å². The third kappa shape index (κ3) is 2.43. The molecule has 3 aromatic rings. The first-order valence-electron chi connectivity index (χ1n) is 7.00. The summed E-state index contributed by atoms with van der Waals surface area (Å²) in [5.74, 6) is 1.39. The third-order valence-corrected chi connectivity index (χ3v) is 4.54. The Hall–Kier alpha value is -2.41. The fraction of sp³-hybridized carbons (Fsp3) is 0.267. The lowest BCUT2D eigenvalue weighted by Crippen LogP contribution is -2.03. The molecular formula is C15H14N4O2S. The number of anilines is 1. The molecule has 0 saturated heterocycles. The number of nitrogens with one attached hydrogen (secondary N) is 1. The maximum absolute atomic E-state index is 5.84. The molecule has 3 heterocycles. The molecule has 112 valence electrons. The van der Waals surface area contributed by atoms with Crippen molar-refractivity contribution in [2.24, 2.45) is 0 Å². The van der Waals surface area contributed by atoms with Crippen LogP contribution < -0.4 is 10.1 Å². The number of thiazole rings is 1. The van der Waals surface area contributed by atoms with Crippen LogP contribution in [0.2, 0.25) is 0 Å². The van der Waals surface area contributed by atoms with Crippen molar-refractivity contribution in [3.8, 4) is 5.75 Å². The predicted molar refractivity (Wildman–Crippen MR) is 82.0 cm³/mol. The normalized spacial score (nSPS) is 16.3. The Morgan fingerprint density at radius 3 is 3.05 bits per heavy atom. The molecule has 0 aliphatic carbocycles. The van der Waals surface area contributed by atoms with E-state index in [0.29, 0.717) is 18.5 Å². The third-order valence-electron chi connectivity index (χ3n) is 3.61. The number of hydrogen-bond donors (Lipinski definition) is 1. The molecule has 6 nitrogen and oxygen atoms in total. The van der Waals surface area contributed by atoms with E-state index in [9.17, 15) is 0 Å². The van der Waals surface area contributed by atoms with Gasteiger partial charge in [-0.15, -0.1) is 16.4 Å². The van der Waals surface area contributed by atoms with E-state index in [0.717, 1.165) is 22.7 Å². The molecule has 4 rings (SSSR count). The van der Waals surface area contributed by atoms with E-state index in [2.05, 4.69) is 26.6 Å². The molecule has 0 amide bonds. The standard InChI is InChI=1S/C15H14N4O2S/c1-9-13(22-8-17-9)7-16-15-19-18-14(21-15)12-6-10-4-2-3-5-11(10)20-12/h2-5,8,12H,6-7H2,1H3,(H,16,19)/t12-/m1/s1. The Morgan fingerprint density at radius 1 is 1.32 bits per heavy atom. The second kappa shape index (κ2) is 5.42. The predicted octanol–water partition coefficient (Wildman–Crippen LogP) is 3.12. The van der Waals surface area contributed by atoms with E-state index in [-0.39, 0.29) is 6.10 Å². The lowest BCUT2D eigenvalue weighted by atomic mass is 10.1. The molecule has 1 atom stereocenters. The fourth-order valence-corrected chi connectivity index (χ4v) is 3.12. The number of nitrogens with zero attached hydrogens (tertiary/aromatic N) is 3. The van der Waals surface area contributed by atoms with Gasteiger partial charge >= 0.3 is 6.01 Å². The van der Waals surface area contributed by atoms with E-state index in [1.807, 2.05) is 30.6 Å². The van der Waals surface area contributed by atoms with Crippen molar-refractivity contribution in [3.05, 3.63) is 51.8 Å². The lowest BCUT2D eigenvalue weighted by Gasteiger charge is -2.04. The van der Waals surface area contributed by atoms with Gasteiger partial charge in [-0.2, -0.15) is 0 Å². The van der Waals surface area contributed by atoms with Gasteiger partial charge < -0.3 is 14.5 Å². The van der Waals surface area contributed by atoms with Crippen molar-refractivity contribution >= 4 is 17.4 Å². The van der Waals surface area contributed by atoms with Crippen molar-refractivity contribution in [1.82, 2.24) is 15.2 Å². The zero-order chi connectivity index (χ0) is 14.9. The molecule has 0 bridgehead atoms. The first kappa shape index (κ1) is 13.3. The quantitative estimate of drug-likeness (QED) is 0.797. The number of aryl methyl sites for hydroxylation is 1. The Balaban J connectivity index is 1.43. The summed E-state index contributed by atoms with van der Waals surface area (Å²) >= 11 is 1.60. The fourth-order valence-electron chi connectivity index (χ4n) is 2.41. The van der Waals surface area contributed by atoms with Crippen molar-refractivity contribution < 1.29 is 9.15 Å². The molecule has 1 aromatic carbocycles. The van der Waals surface area contributed by atoms with Gasteiger partial charge in [-0.05, 0) is 18.6 Å². The van der Waals surface area contributed by atoms with Crippen LogP contribution >= 0.6 is 11.3 Å². The largest absolute Gasteiger partial charge is 0.480 e. The second-order valence-corrected chi connectivity index (χ2v) is 6.02. The van der Waals surface area contributed by atoms with Crippen molar-refractivity contribution in [1.29, 1.82) is 0 Å². The molecule has 1 N–H and O–H groups in total. The number of hydrogen-bond acceptors (Lipinski definition) is 7. The summed E-state index contributed by atoms with van der Waals surface area (Å²) in [4.78, 5) is 5.37. The number of aromatic nitrogens is 3. The molecule has 2 aromatic heterocycles. The summed E-state index contributed by atoms with van der Waals surface area (Å²) in [6.45, 7) is 2.61. The summed E-state index contributed by atoms with van der Waals surface area (Å²) in [7, 11) is 0. The minimum Gasteiger partial charge on any atom is -0.480 e. The number of para-hydroxylation sites is 1. The molecule has 0 radical (unpaired) electrons. The first-order valence-corrected chi connectivity index (χ1v) is 7.88. The van der Waals surface area contributed by atoms with Gasteiger partial charge in [0.15, 0.2) is 6.10 Å². The van der Waals surface area contributed by atoms with E-state index >= 15 is 0 Å². The average Bonchev–Trinajstić information content (AvgIpc) is 3.24. The summed E-state index contributed by atoms with van der Waals surface area (Å²) < 4.78 is 11.5. The van der Waals surface area contributed by atoms with Crippen LogP contribution in [0.1, 0.15) is 28.1 Å². The highest BCUT2D eigenvalue weighted by molar-refractivity contribution is 7.09. The highest BCUT2D eigenvalue weighted by atomic mass is 32.1. The topological polar surface area (TPSA) is 73.1 Å². The Morgan fingerprint density at radius 2 is 2.23 bits per heavy atom. The number of rotatable bonds is 4. The van der Waals surface area contributed by atoms with E-state index < -0.39 is 0 Å². The monoisotopic (exact) mass is 314 g/mol. The van der Waals surface area contributed by atoms with Crippen LogP contribution in [0.5, 0.6) is 5.75 Å². The van der Waals surface area contributed by atoms with Crippen LogP contribution in [0.15, 0.2) is 34.2 Å². The lowest BCUT2D eigenvalue weighted by molar-refractivity contribution is 0.199. The van der Waals surface area contributed by atoms with Crippen LogP contribution in [-0.2, 0) is 13.0 Å². The molecule has 0 unspecified atom stereocenters. The Labute approximate surface area is 131 Å². The molecule has 22 heavy (non-hydrogen) atoms. The van der Waals surface area contributed by atoms with Crippen LogP contribution in [0, 0.1) is 6.92 Å². The molecule has 0 saturated carbocycles. The average molecular weight is 314 g/mol. The zero-order valence-electron chi connectivity index (χ0n) is 11.9. The molecule has 0 spiro atoms. The highest BCUT2D eigenvalue weighted by Gasteiger charge is 2.28. The maximum atomic E-state index is 5.84. The van der Waals surface area contributed by atoms with Crippen molar-refractivity contribution in [2.45, 2.75) is 26.0 Å². The van der Waals surface area contributed by atoms with Gasteiger partial charge in [0.2, 0.25) is 0 Å². The molecule has 0 fully saturated rings. The van der Waals surface area contributed by atoms with Crippen LogP contribution in [0.4, 0.5) is 6.01 Å². The minimum atomic E-state index is -0.203. The van der Waals surface area contributed by atoms with Gasteiger partial charge in [-0.1, -0.05) is 23.3 Å². The Kier molecular flexibility index (Phi) is 3.27. The van der Waals surface area contributed by atoms with Gasteiger partial charge in [0.25, 0.3) is 5.89 Å². The smallest absolute Gasteiger partial charge is 0.315 e. The SMILES string of the molecule is Cc1ncsc1CNc1nnc([C@H]2Cc3ccccc3O2)o1. The van der Waals surface area contributed by atoms with Gasteiger partial charge in [0.1, 0.15) is 5.75 Å². The molecule has 7 heteroatoms.